The van der Waals surface area contributed by atoms with Crippen LogP contribution in [0.25, 0.3) is 10.6 Å². The summed E-state index contributed by atoms with van der Waals surface area (Å²) in [6, 6.07) is 12.1. The maximum Gasteiger partial charge on any atom is 0.416 e. The number of thiazole rings is 1. The van der Waals surface area contributed by atoms with Crippen LogP contribution in [0, 0.1) is 6.92 Å². The third-order valence-corrected chi connectivity index (χ3v) is 5.97. The predicted molar refractivity (Wildman–Crippen MR) is 113 cm³/mol. The van der Waals surface area contributed by atoms with Crippen LogP contribution >= 0.6 is 11.3 Å². The minimum Gasteiger partial charge on any atom is -0.497 e. The Hall–Kier alpha value is -3.40. The number of aryl methyl sites for hydroxylation is 1. The quantitative estimate of drug-likeness (QED) is 0.523. The molecule has 32 heavy (non-hydrogen) atoms. The van der Waals surface area contributed by atoms with Gasteiger partial charge in [0.2, 0.25) is 12.1 Å². The number of amides is 1. The van der Waals surface area contributed by atoms with Crippen LogP contribution in [0.1, 0.15) is 34.8 Å². The molecule has 3 aromatic rings. The number of carbonyl (C=O) groups is 1. The summed E-state index contributed by atoms with van der Waals surface area (Å²) < 4.78 is 50.5. The van der Waals surface area contributed by atoms with E-state index in [9.17, 15) is 18.0 Å². The molecule has 4 rings (SSSR count). The average molecular weight is 461 g/mol. The number of methoxy groups -OCH3 is 1. The van der Waals surface area contributed by atoms with Gasteiger partial charge in [0.15, 0.2) is 0 Å². The molecule has 2 aromatic carbocycles. The third kappa shape index (κ3) is 4.18. The van der Waals surface area contributed by atoms with Crippen LogP contribution in [0.15, 0.2) is 53.6 Å². The number of hydrogen-bond donors (Lipinski definition) is 0. The summed E-state index contributed by atoms with van der Waals surface area (Å²) in [6.45, 7) is 3.09. The molecular formula is C22H18F3N3O3S. The van der Waals surface area contributed by atoms with Gasteiger partial charge >= 0.3 is 6.18 Å². The minimum absolute atomic E-state index is 0.182. The molecule has 166 valence electrons. The molecule has 0 fully saturated rings. The van der Waals surface area contributed by atoms with Crippen LogP contribution < -0.4 is 4.74 Å². The molecule has 0 spiro atoms. The van der Waals surface area contributed by atoms with E-state index >= 15 is 0 Å². The molecular weight excluding hydrogens is 443 g/mol. The van der Waals surface area contributed by atoms with E-state index in [-0.39, 0.29) is 11.8 Å². The first kappa shape index (κ1) is 21.8. The molecule has 0 aliphatic carbocycles. The fourth-order valence-electron chi connectivity index (χ4n) is 3.22. The molecule has 0 saturated heterocycles. The molecule has 2 heterocycles. The maximum atomic E-state index is 13.1. The van der Waals surface area contributed by atoms with Crippen LogP contribution in [0.4, 0.5) is 13.2 Å². The Bertz CT molecular complexity index is 1210. The zero-order valence-corrected chi connectivity index (χ0v) is 18.1. The number of ether oxygens (including phenoxy) is 2. The van der Waals surface area contributed by atoms with Gasteiger partial charge in [-0.2, -0.15) is 18.2 Å². The predicted octanol–water partition coefficient (Wildman–Crippen LogP) is 5.39. The highest BCUT2D eigenvalue weighted by molar-refractivity contribution is 7.17. The highest BCUT2D eigenvalue weighted by Gasteiger charge is 2.35. The molecule has 1 atom stereocenters. The number of carbonyl (C=O) groups excluding carboxylic acids is 1. The number of halogens is 3. The molecule has 1 aliphatic heterocycles. The second-order valence-corrected chi connectivity index (χ2v) is 8.03. The summed E-state index contributed by atoms with van der Waals surface area (Å²) >= 11 is 1.15. The molecule has 6 nitrogen and oxygen atoms in total. The topological polar surface area (TPSA) is 64.0 Å². The second kappa shape index (κ2) is 8.27. The van der Waals surface area contributed by atoms with Gasteiger partial charge in [0.05, 0.1) is 18.4 Å². The van der Waals surface area contributed by atoms with Crippen molar-refractivity contribution in [2.45, 2.75) is 26.3 Å². The molecule has 10 heteroatoms. The van der Waals surface area contributed by atoms with E-state index in [1.54, 1.807) is 37.3 Å². The number of hydrogen-bond acceptors (Lipinski definition) is 6. The number of benzene rings is 2. The van der Waals surface area contributed by atoms with Crippen molar-refractivity contribution in [1.29, 1.82) is 0 Å². The Balaban J connectivity index is 1.68. The van der Waals surface area contributed by atoms with Gasteiger partial charge in [-0.1, -0.05) is 24.3 Å². The van der Waals surface area contributed by atoms with Crippen molar-refractivity contribution in [3.05, 3.63) is 70.2 Å². The van der Waals surface area contributed by atoms with E-state index < -0.39 is 18.0 Å². The van der Waals surface area contributed by atoms with Crippen molar-refractivity contribution >= 4 is 23.1 Å². The van der Waals surface area contributed by atoms with Gasteiger partial charge in [-0.05, 0) is 31.2 Å². The summed E-state index contributed by atoms with van der Waals surface area (Å²) in [5.74, 6) is 0.457. The SMILES string of the molecule is COc1cccc(C2OC(c3sc(-c4cccc(C(F)(F)F)c4)nc3C)=NN2C(C)=O)c1. The highest BCUT2D eigenvalue weighted by Crippen LogP contribution is 2.37. The van der Waals surface area contributed by atoms with Crippen LogP contribution in [0.2, 0.25) is 0 Å². The zero-order chi connectivity index (χ0) is 23.0. The largest absolute Gasteiger partial charge is 0.497 e. The maximum absolute atomic E-state index is 13.1. The summed E-state index contributed by atoms with van der Waals surface area (Å²) in [7, 11) is 1.54. The van der Waals surface area contributed by atoms with E-state index in [1.807, 2.05) is 0 Å². The van der Waals surface area contributed by atoms with Gasteiger partial charge in [0, 0.05) is 18.1 Å². The van der Waals surface area contributed by atoms with Crippen LogP contribution in [0.5, 0.6) is 5.75 Å². The lowest BCUT2D eigenvalue weighted by Crippen LogP contribution is -2.25. The minimum atomic E-state index is -4.45. The first-order valence-corrected chi connectivity index (χ1v) is 10.3. The van der Waals surface area contributed by atoms with Crippen molar-refractivity contribution in [1.82, 2.24) is 9.99 Å². The summed E-state index contributed by atoms with van der Waals surface area (Å²) in [5, 5.41) is 5.94. The summed E-state index contributed by atoms with van der Waals surface area (Å²) in [4.78, 5) is 17.1. The van der Waals surface area contributed by atoms with Crippen molar-refractivity contribution in [2.75, 3.05) is 7.11 Å². The first-order chi connectivity index (χ1) is 15.2. The van der Waals surface area contributed by atoms with Crippen LogP contribution in [-0.2, 0) is 15.7 Å². The van der Waals surface area contributed by atoms with Gasteiger partial charge < -0.3 is 9.47 Å². The Labute approximate surface area is 185 Å². The normalized spacial score (nSPS) is 16.0. The van der Waals surface area contributed by atoms with Gasteiger partial charge in [0.25, 0.3) is 5.90 Å². The van der Waals surface area contributed by atoms with E-state index in [1.165, 1.54) is 25.1 Å². The van der Waals surface area contributed by atoms with Gasteiger partial charge in [0.1, 0.15) is 15.6 Å². The van der Waals surface area contributed by atoms with Crippen molar-refractivity contribution < 1.29 is 27.4 Å². The molecule has 0 N–H and O–H groups in total. The number of nitrogens with zero attached hydrogens (tertiary/aromatic N) is 3. The smallest absolute Gasteiger partial charge is 0.416 e. The number of aromatic nitrogens is 1. The molecule has 1 aromatic heterocycles. The summed E-state index contributed by atoms with van der Waals surface area (Å²) in [6.07, 6.45) is -5.24. The fraction of sp³-hybridized carbons (Fsp3) is 0.227. The molecule has 1 aliphatic rings. The van der Waals surface area contributed by atoms with Gasteiger partial charge in [-0.15, -0.1) is 16.4 Å². The summed E-state index contributed by atoms with van der Waals surface area (Å²) in [5.41, 5.74) is 0.791. The lowest BCUT2D eigenvalue weighted by molar-refractivity contribution is -0.137. The van der Waals surface area contributed by atoms with Gasteiger partial charge in [-0.25, -0.2) is 4.98 Å². The zero-order valence-electron chi connectivity index (χ0n) is 17.3. The monoisotopic (exact) mass is 461 g/mol. The van der Waals surface area contributed by atoms with Crippen LogP contribution in [0.3, 0.4) is 0 Å². The number of rotatable bonds is 4. The van der Waals surface area contributed by atoms with E-state index in [2.05, 4.69) is 10.1 Å². The third-order valence-electron chi connectivity index (χ3n) is 4.77. The van der Waals surface area contributed by atoms with Crippen molar-refractivity contribution in [3.8, 4) is 16.3 Å². The lowest BCUT2D eigenvalue weighted by atomic mass is 10.1. The fourth-order valence-corrected chi connectivity index (χ4v) is 4.21. The molecule has 0 saturated carbocycles. The lowest BCUT2D eigenvalue weighted by Gasteiger charge is -2.19. The van der Waals surface area contributed by atoms with E-state index in [0.717, 1.165) is 23.5 Å². The Morgan fingerprint density at radius 1 is 1.19 bits per heavy atom. The van der Waals surface area contributed by atoms with Gasteiger partial charge in [-0.3, -0.25) is 4.79 Å². The Morgan fingerprint density at radius 2 is 1.94 bits per heavy atom. The number of hydrazone groups is 1. The molecule has 1 unspecified atom stereocenters. The molecule has 0 radical (unpaired) electrons. The van der Waals surface area contributed by atoms with Crippen molar-refractivity contribution in [2.24, 2.45) is 5.10 Å². The highest BCUT2D eigenvalue weighted by atomic mass is 32.1. The Morgan fingerprint density at radius 3 is 2.62 bits per heavy atom. The average Bonchev–Trinajstić information content (AvgIpc) is 3.37. The second-order valence-electron chi connectivity index (χ2n) is 7.03. The van der Waals surface area contributed by atoms with Crippen LogP contribution in [-0.4, -0.2) is 28.9 Å². The van der Waals surface area contributed by atoms with E-state index in [0.29, 0.717) is 32.5 Å². The first-order valence-electron chi connectivity index (χ1n) is 9.52. The van der Waals surface area contributed by atoms with E-state index in [4.69, 9.17) is 9.47 Å². The Kier molecular flexibility index (Phi) is 5.64. The standard InChI is InChI=1S/C22H18F3N3O3S/c1-12-18(32-20(26-12)14-6-4-8-16(10-14)22(23,24)25)19-27-28(13(2)29)21(31-19)15-7-5-9-17(11-15)30-3/h4-11,21H,1-3H3. The number of alkyl halides is 3. The molecule has 0 bridgehead atoms. The molecule has 1 amide bonds. The van der Waals surface area contributed by atoms with Crippen molar-refractivity contribution in [3.63, 3.8) is 0 Å².